The van der Waals surface area contributed by atoms with Crippen molar-refractivity contribution in [3.05, 3.63) is 28.2 Å². The molecule has 6 heteroatoms. The minimum atomic E-state index is -0.979. The Morgan fingerprint density at radius 1 is 1.26 bits per heavy atom. The molecule has 1 N–H and O–H groups in total. The van der Waals surface area contributed by atoms with Crippen LogP contribution in [0.5, 0.6) is 5.75 Å². The van der Waals surface area contributed by atoms with Crippen molar-refractivity contribution in [3.63, 3.8) is 0 Å². The molecule has 0 spiro atoms. The van der Waals surface area contributed by atoms with Crippen LogP contribution < -0.4 is 4.74 Å². The second-order valence-electron chi connectivity index (χ2n) is 3.76. The Kier molecular flexibility index (Phi) is 7.47. The van der Waals surface area contributed by atoms with E-state index in [4.69, 9.17) is 19.3 Å². The number of carbonyl (C=O) groups is 1. The molecule has 5 nitrogen and oxygen atoms in total. The molecule has 19 heavy (non-hydrogen) atoms. The number of carboxylic acid groups (broad SMARTS) is 1. The van der Waals surface area contributed by atoms with Gasteiger partial charge in [-0.25, -0.2) is 4.79 Å². The minimum Gasteiger partial charge on any atom is -0.490 e. The number of hydrogen-bond donors (Lipinski definition) is 1. The van der Waals surface area contributed by atoms with E-state index in [1.165, 1.54) is 12.1 Å². The molecule has 0 aliphatic heterocycles. The molecule has 0 radical (unpaired) electrons. The molecule has 1 aromatic rings. The minimum absolute atomic E-state index is 0.194. The lowest BCUT2D eigenvalue weighted by Crippen LogP contribution is -2.09. The fourth-order valence-electron chi connectivity index (χ4n) is 1.36. The van der Waals surface area contributed by atoms with Crippen molar-refractivity contribution in [1.82, 2.24) is 0 Å². The van der Waals surface area contributed by atoms with E-state index >= 15 is 0 Å². The van der Waals surface area contributed by atoms with Crippen LogP contribution in [0.2, 0.25) is 0 Å². The van der Waals surface area contributed by atoms with Gasteiger partial charge in [0.15, 0.2) is 0 Å². The first-order chi connectivity index (χ1) is 9.15. The zero-order chi connectivity index (χ0) is 14.1. The first-order valence-electron chi connectivity index (χ1n) is 5.87. The van der Waals surface area contributed by atoms with Crippen LogP contribution in [0.1, 0.15) is 16.8 Å². The Balaban J connectivity index is 2.32. The third-order valence-corrected chi connectivity index (χ3v) is 2.96. The lowest BCUT2D eigenvalue weighted by Gasteiger charge is -2.09. The van der Waals surface area contributed by atoms with Gasteiger partial charge in [0.1, 0.15) is 12.4 Å². The topological polar surface area (TPSA) is 65.0 Å². The molecule has 106 valence electrons. The van der Waals surface area contributed by atoms with Gasteiger partial charge in [0.2, 0.25) is 0 Å². The Bertz CT molecular complexity index is 408. The van der Waals surface area contributed by atoms with Crippen molar-refractivity contribution >= 4 is 21.9 Å². The van der Waals surface area contributed by atoms with Gasteiger partial charge in [-0.05, 0) is 40.5 Å². The number of halogens is 1. The van der Waals surface area contributed by atoms with E-state index < -0.39 is 5.97 Å². The molecule has 0 aromatic heterocycles. The van der Waals surface area contributed by atoms with Crippen LogP contribution in [0.15, 0.2) is 22.7 Å². The normalized spacial score (nSPS) is 10.4. The SMILES string of the molecule is COCCCOCCOc1cc(C(=O)O)ccc1Br. The molecular formula is C13H17BrO5. The first kappa shape index (κ1) is 15.9. The third kappa shape index (κ3) is 6.04. The number of hydrogen-bond acceptors (Lipinski definition) is 4. The smallest absolute Gasteiger partial charge is 0.335 e. The highest BCUT2D eigenvalue weighted by molar-refractivity contribution is 9.10. The van der Waals surface area contributed by atoms with Crippen LogP contribution in [-0.2, 0) is 9.47 Å². The molecule has 0 unspecified atom stereocenters. The zero-order valence-electron chi connectivity index (χ0n) is 10.7. The van der Waals surface area contributed by atoms with E-state index in [9.17, 15) is 4.79 Å². The van der Waals surface area contributed by atoms with Gasteiger partial charge < -0.3 is 19.3 Å². The molecule has 0 aliphatic rings. The van der Waals surface area contributed by atoms with Crippen molar-refractivity contribution in [2.24, 2.45) is 0 Å². The maximum absolute atomic E-state index is 10.8. The Morgan fingerprint density at radius 2 is 2.05 bits per heavy atom. The second kappa shape index (κ2) is 8.90. The van der Waals surface area contributed by atoms with Crippen LogP contribution in [0, 0.1) is 0 Å². The predicted molar refractivity (Wildman–Crippen MR) is 73.9 cm³/mol. The fraction of sp³-hybridized carbons (Fsp3) is 0.462. The number of ether oxygens (including phenoxy) is 3. The van der Waals surface area contributed by atoms with Gasteiger partial charge in [-0.15, -0.1) is 0 Å². The van der Waals surface area contributed by atoms with Crippen LogP contribution in [0.3, 0.4) is 0 Å². The Hall–Kier alpha value is -1.11. The number of carboxylic acids is 1. The summed E-state index contributed by atoms with van der Waals surface area (Å²) in [6.07, 6.45) is 0.842. The standard InChI is InChI=1S/C13H17BrO5/c1-17-5-2-6-18-7-8-19-12-9-10(13(15)16)3-4-11(12)14/h3-4,9H,2,5-8H2,1H3,(H,15,16). The molecule has 0 saturated heterocycles. The van der Waals surface area contributed by atoms with E-state index in [-0.39, 0.29) is 5.56 Å². The van der Waals surface area contributed by atoms with Gasteiger partial charge in [0, 0.05) is 20.3 Å². The molecule has 0 atom stereocenters. The Labute approximate surface area is 120 Å². The molecule has 0 amide bonds. The summed E-state index contributed by atoms with van der Waals surface area (Å²) >= 11 is 3.31. The van der Waals surface area contributed by atoms with Crippen molar-refractivity contribution in [2.45, 2.75) is 6.42 Å². The first-order valence-corrected chi connectivity index (χ1v) is 6.66. The lowest BCUT2D eigenvalue weighted by atomic mass is 10.2. The maximum atomic E-state index is 10.8. The van der Waals surface area contributed by atoms with Crippen LogP contribution in [-0.4, -0.2) is 44.6 Å². The number of rotatable bonds is 9. The van der Waals surface area contributed by atoms with Crippen molar-refractivity contribution < 1.29 is 24.1 Å². The summed E-state index contributed by atoms with van der Waals surface area (Å²) in [5.74, 6) is -0.478. The van der Waals surface area contributed by atoms with E-state index in [2.05, 4.69) is 15.9 Å². The van der Waals surface area contributed by atoms with Crippen molar-refractivity contribution in [1.29, 1.82) is 0 Å². The molecule has 0 heterocycles. The largest absolute Gasteiger partial charge is 0.490 e. The summed E-state index contributed by atoms with van der Waals surface area (Å²) < 4.78 is 16.4. The van der Waals surface area contributed by atoms with E-state index in [0.29, 0.717) is 32.2 Å². The number of aromatic carboxylic acids is 1. The van der Waals surface area contributed by atoms with Crippen molar-refractivity contribution in [3.8, 4) is 5.75 Å². The lowest BCUT2D eigenvalue weighted by molar-refractivity contribution is 0.0695. The van der Waals surface area contributed by atoms with E-state index in [1.807, 2.05) is 0 Å². The summed E-state index contributed by atoms with van der Waals surface area (Å²) in [5, 5.41) is 8.88. The van der Waals surface area contributed by atoms with Crippen LogP contribution >= 0.6 is 15.9 Å². The highest BCUT2D eigenvalue weighted by atomic mass is 79.9. The second-order valence-corrected chi connectivity index (χ2v) is 4.61. The van der Waals surface area contributed by atoms with Gasteiger partial charge in [0.25, 0.3) is 0 Å². The molecule has 0 aliphatic carbocycles. The maximum Gasteiger partial charge on any atom is 0.335 e. The average molecular weight is 333 g/mol. The fourth-order valence-corrected chi connectivity index (χ4v) is 1.73. The molecule has 0 fully saturated rings. The highest BCUT2D eigenvalue weighted by Crippen LogP contribution is 2.26. The summed E-state index contributed by atoms with van der Waals surface area (Å²) in [7, 11) is 1.65. The van der Waals surface area contributed by atoms with E-state index in [1.54, 1.807) is 13.2 Å². The molecule has 1 rings (SSSR count). The predicted octanol–water partition coefficient (Wildman–Crippen LogP) is 2.58. The number of methoxy groups -OCH3 is 1. The van der Waals surface area contributed by atoms with E-state index in [0.717, 1.165) is 10.9 Å². The van der Waals surface area contributed by atoms with Gasteiger partial charge in [0.05, 0.1) is 16.6 Å². The zero-order valence-corrected chi connectivity index (χ0v) is 12.3. The Morgan fingerprint density at radius 3 is 2.74 bits per heavy atom. The molecule has 0 saturated carbocycles. The van der Waals surface area contributed by atoms with Gasteiger partial charge >= 0.3 is 5.97 Å². The molecule has 1 aromatic carbocycles. The van der Waals surface area contributed by atoms with Crippen molar-refractivity contribution in [2.75, 3.05) is 33.5 Å². The molecule has 0 bridgehead atoms. The quantitative estimate of drug-likeness (QED) is 0.704. The molecular weight excluding hydrogens is 316 g/mol. The monoisotopic (exact) mass is 332 g/mol. The van der Waals surface area contributed by atoms with Gasteiger partial charge in [-0.3, -0.25) is 0 Å². The third-order valence-electron chi connectivity index (χ3n) is 2.30. The van der Waals surface area contributed by atoms with Crippen LogP contribution in [0.25, 0.3) is 0 Å². The van der Waals surface area contributed by atoms with Gasteiger partial charge in [-0.1, -0.05) is 0 Å². The average Bonchev–Trinajstić information content (AvgIpc) is 2.39. The number of benzene rings is 1. The highest BCUT2D eigenvalue weighted by Gasteiger charge is 2.07. The summed E-state index contributed by atoms with van der Waals surface area (Å²) in [4.78, 5) is 10.8. The van der Waals surface area contributed by atoms with Gasteiger partial charge in [-0.2, -0.15) is 0 Å². The summed E-state index contributed by atoms with van der Waals surface area (Å²) in [6.45, 7) is 2.11. The van der Waals surface area contributed by atoms with Crippen LogP contribution in [0.4, 0.5) is 0 Å². The summed E-state index contributed by atoms with van der Waals surface area (Å²) in [6, 6.07) is 4.65. The summed E-state index contributed by atoms with van der Waals surface area (Å²) in [5.41, 5.74) is 0.194.